The maximum atomic E-state index is 12.0. The molecule has 0 aromatic heterocycles. The van der Waals surface area contributed by atoms with Crippen molar-refractivity contribution >= 4 is 34.6 Å². The molecule has 0 radical (unpaired) electrons. The van der Waals surface area contributed by atoms with Crippen molar-refractivity contribution in [2.75, 3.05) is 17.7 Å². The molecule has 0 aliphatic carbocycles. The number of hydrogen-bond donors (Lipinski definition) is 2. The van der Waals surface area contributed by atoms with Gasteiger partial charge in [-0.05, 0) is 19.1 Å². The van der Waals surface area contributed by atoms with Crippen LogP contribution in [0.2, 0.25) is 0 Å². The summed E-state index contributed by atoms with van der Waals surface area (Å²) in [5.41, 5.74) is 5.44. The third kappa shape index (κ3) is 4.75. The smallest absolute Gasteiger partial charge is 0.340 e. The van der Waals surface area contributed by atoms with Crippen LogP contribution in [-0.4, -0.2) is 28.3 Å². The summed E-state index contributed by atoms with van der Waals surface area (Å²) >= 11 is 0. The zero-order valence-corrected chi connectivity index (χ0v) is 14.0. The van der Waals surface area contributed by atoms with Crippen molar-refractivity contribution in [3.8, 4) is 0 Å². The number of nitrogens with one attached hydrogen (secondary N) is 1. The molecule has 0 saturated heterocycles. The van der Waals surface area contributed by atoms with Gasteiger partial charge in [-0.3, -0.25) is 25.0 Å². The first kappa shape index (κ1) is 19.3. The molecule has 27 heavy (non-hydrogen) atoms. The highest BCUT2D eigenvalue weighted by molar-refractivity contribution is 5.98. The summed E-state index contributed by atoms with van der Waals surface area (Å²) in [4.78, 5) is 44.1. The molecule has 0 spiro atoms. The van der Waals surface area contributed by atoms with Crippen LogP contribution in [0.3, 0.4) is 0 Å². The van der Waals surface area contributed by atoms with Crippen LogP contribution in [0.1, 0.15) is 15.9 Å². The molecule has 2 aromatic carbocycles. The first-order valence-corrected chi connectivity index (χ1v) is 7.45. The van der Waals surface area contributed by atoms with Crippen molar-refractivity contribution in [3.63, 3.8) is 0 Å². The van der Waals surface area contributed by atoms with Gasteiger partial charge in [0, 0.05) is 29.4 Å². The highest BCUT2D eigenvalue weighted by Crippen LogP contribution is 2.23. The van der Waals surface area contributed by atoms with E-state index in [0.717, 1.165) is 18.2 Å². The Morgan fingerprint density at radius 1 is 1.11 bits per heavy atom. The number of anilines is 2. The number of carbonyl (C=O) groups excluding carboxylic acids is 2. The summed E-state index contributed by atoms with van der Waals surface area (Å²) in [5, 5.41) is 23.9. The minimum absolute atomic E-state index is 0.126. The van der Waals surface area contributed by atoms with Crippen molar-refractivity contribution in [2.45, 2.75) is 6.92 Å². The second kappa shape index (κ2) is 7.91. The summed E-state index contributed by atoms with van der Waals surface area (Å²) in [6.07, 6.45) is 0. The highest BCUT2D eigenvalue weighted by atomic mass is 16.6. The molecule has 0 aliphatic rings. The van der Waals surface area contributed by atoms with Crippen LogP contribution in [0.25, 0.3) is 0 Å². The molecule has 1 amide bonds. The van der Waals surface area contributed by atoms with Gasteiger partial charge in [0.2, 0.25) is 0 Å². The predicted octanol–water partition coefficient (Wildman–Crippen LogP) is 2.19. The van der Waals surface area contributed by atoms with Crippen LogP contribution in [0.5, 0.6) is 0 Å². The Morgan fingerprint density at radius 2 is 1.81 bits per heavy atom. The number of rotatable bonds is 6. The molecule has 2 rings (SSSR count). The van der Waals surface area contributed by atoms with Gasteiger partial charge in [0.15, 0.2) is 6.61 Å². The molecular formula is C16H14N4O7. The molecule has 0 heterocycles. The van der Waals surface area contributed by atoms with Gasteiger partial charge >= 0.3 is 5.97 Å². The number of nitrogens with two attached hydrogens (primary N) is 1. The Labute approximate surface area is 152 Å². The van der Waals surface area contributed by atoms with E-state index >= 15 is 0 Å². The van der Waals surface area contributed by atoms with Crippen LogP contribution in [0.15, 0.2) is 36.4 Å². The molecule has 0 unspecified atom stereocenters. The standard InChI is InChI=1S/C16H14N4O7/c1-9-2-3-10(6-14(9)20(25)26)18-15(21)8-27-16(22)12-5-4-11(19(23)24)7-13(12)17/h2-7H,8,17H2,1H3,(H,18,21). The molecule has 11 heteroatoms. The second-order valence-electron chi connectivity index (χ2n) is 5.41. The molecule has 140 valence electrons. The van der Waals surface area contributed by atoms with Crippen LogP contribution in [-0.2, 0) is 9.53 Å². The molecule has 0 bridgehead atoms. The fourth-order valence-corrected chi connectivity index (χ4v) is 2.14. The molecule has 3 N–H and O–H groups in total. The van der Waals surface area contributed by atoms with Gasteiger partial charge in [0.05, 0.1) is 21.1 Å². The summed E-state index contributed by atoms with van der Waals surface area (Å²) < 4.78 is 4.81. The Hall–Kier alpha value is -4.02. The Balaban J connectivity index is 1.99. The lowest BCUT2D eigenvalue weighted by Gasteiger charge is -2.08. The van der Waals surface area contributed by atoms with Crippen LogP contribution in [0.4, 0.5) is 22.7 Å². The molecule has 0 atom stereocenters. The number of benzene rings is 2. The van der Waals surface area contributed by atoms with Gasteiger partial charge in [-0.1, -0.05) is 6.07 Å². The Kier molecular flexibility index (Phi) is 5.65. The number of amides is 1. The summed E-state index contributed by atoms with van der Waals surface area (Å²) in [6, 6.07) is 7.33. The van der Waals surface area contributed by atoms with E-state index in [1.807, 2.05) is 0 Å². The number of nitro groups is 2. The number of non-ortho nitro benzene ring substituents is 1. The molecule has 0 fully saturated rings. The average Bonchev–Trinajstić information content (AvgIpc) is 2.60. The van der Waals surface area contributed by atoms with E-state index in [2.05, 4.69) is 5.32 Å². The van der Waals surface area contributed by atoms with Gasteiger partial charge in [0.1, 0.15) is 0 Å². The molecule has 0 saturated carbocycles. The van der Waals surface area contributed by atoms with E-state index in [-0.39, 0.29) is 28.3 Å². The summed E-state index contributed by atoms with van der Waals surface area (Å²) in [6.45, 7) is 0.886. The Bertz CT molecular complexity index is 942. The van der Waals surface area contributed by atoms with Crippen molar-refractivity contribution in [3.05, 3.63) is 67.8 Å². The normalized spacial score (nSPS) is 10.1. The van der Waals surface area contributed by atoms with Crippen LogP contribution < -0.4 is 11.1 Å². The number of nitrogens with zero attached hydrogens (tertiary/aromatic N) is 2. The van der Waals surface area contributed by atoms with Crippen molar-refractivity contribution in [2.24, 2.45) is 0 Å². The number of ether oxygens (including phenoxy) is 1. The average molecular weight is 374 g/mol. The zero-order chi connectivity index (χ0) is 20.1. The SMILES string of the molecule is Cc1ccc(NC(=O)COC(=O)c2ccc([N+](=O)[O-])cc2N)cc1[N+](=O)[O-]. The fourth-order valence-electron chi connectivity index (χ4n) is 2.14. The van der Waals surface area contributed by atoms with E-state index in [4.69, 9.17) is 10.5 Å². The van der Waals surface area contributed by atoms with Crippen LogP contribution in [0, 0.1) is 27.2 Å². The van der Waals surface area contributed by atoms with E-state index in [9.17, 15) is 29.8 Å². The number of esters is 1. The fraction of sp³-hybridized carbons (Fsp3) is 0.125. The maximum absolute atomic E-state index is 12.0. The van der Waals surface area contributed by atoms with Gasteiger partial charge in [-0.15, -0.1) is 0 Å². The minimum atomic E-state index is -0.938. The number of nitrogen functional groups attached to an aromatic ring is 1. The van der Waals surface area contributed by atoms with Gasteiger partial charge < -0.3 is 15.8 Å². The lowest BCUT2D eigenvalue weighted by Crippen LogP contribution is -2.21. The lowest BCUT2D eigenvalue weighted by atomic mass is 10.1. The van der Waals surface area contributed by atoms with Gasteiger partial charge in [-0.25, -0.2) is 4.79 Å². The van der Waals surface area contributed by atoms with E-state index in [1.165, 1.54) is 18.2 Å². The summed E-state index contributed by atoms with van der Waals surface area (Å²) in [5.74, 6) is -1.66. The lowest BCUT2D eigenvalue weighted by molar-refractivity contribution is -0.385. The quantitative estimate of drug-likeness (QED) is 0.335. The number of aryl methyl sites for hydroxylation is 1. The number of hydrogen-bond acceptors (Lipinski definition) is 8. The topological polar surface area (TPSA) is 168 Å². The minimum Gasteiger partial charge on any atom is -0.452 e. The zero-order valence-electron chi connectivity index (χ0n) is 14.0. The van der Waals surface area contributed by atoms with Crippen molar-refractivity contribution < 1.29 is 24.2 Å². The summed E-state index contributed by atoms with van der Waals surface area (Å²) in [7, 11) is 0. The van der Waals surface area contributed by atoms with Gasteiger partial charge in [-0.2, -0.15) is 0 Å². The largest absolute Gasteiger partial charge is 0.452 e. The predicted molar refractivity (Wildman–Crippen MR) is 94.3 cm³/mol. The van der Waals surface area contributed by atoms with E-state index in [1.54, 1.807) is 6.92 Å². The van der Waals surface area contributed by atoms with E-state index in [0.29, 0.717) is 5.56 Å². The number of carbonyl (C=O) groups is 2. The molecule has 11 nitrogen and oxygen atoms in total. The Morgan fingerprint density at radius 3 is 2.41 bits per heavy atom. The van der Waals surface area contributed by atoms with Crippen LogP contribution >= 0.6 is 0 Å². The number of nitro benzene ring substituents is 2. The second-order valence-corrected chi connectivity index (χ2v) is 5.41. The van der Waals surface area contributed by atoms with Crippen molar-refractivity contribution in [1.29, 1.82) is 0 Å². The van der Waals surface area contributed by atoms with Crippen molar-refractivity contribution in [1.82, 2.24) is 0 Å². The first-order valence-electron chi connectivity index (χ1n) is 7.45. The third-order valence-electron chi connectivity index (χ3n) is 3.49. The highest BCUT2D eigenvalue weighted by Gasteiger charge is 2.17. The van der Waals surface area contributed by atoms with E-state index < -0.39 is 28.3 Å². The third-order valence-corrected chi connectivity index (χ3v) is 3.49. The van der Waals surface area contributed by atoms with Gasteiger partial charge in [0.25, 0.3) is 17.3 Å². The monoisotopic (exact) mass is 374 g/mol. The molecular weight excluding hydrogens is 360 g/mol. The molecule has 2 aromatic rings. The first-order chi connectivity index (χ1) is 12.7. The maximum Gasteiger partial charge on any atom is 0.340 e. The molecule has 0 aliphatic heterocycles.